The number of halogens is 2. The summed E-state index contributed by atoms with van der Waals surface area (Å²) < 4.78 is 12.2. The number of fused-ring (bicyclic) bond motifs is 1. The van der Waals surface area contributed by atoms with Gasteiger partial charge in [-0.25, -0.2) is 4.79 Å². The van der Waals surface area contributed by atoms with Crippen molar-refractivity contribution in [1.82, 2.24) is 4.90 Å². The second-order valence-corrected chi connectivity index (χ2v) is 8.00. The topological polar surface area (TPSA) is 72.9 Å². The van der Waals surface area contributed by atoms with Crippen molar-refractivity contribution in [3.8, 4) is 5.75 Å². The number of rotatable bonds is 7. The summed E-state index contributed by atoms with van der Waals surface area (Å²) in [5.41, 5.74) is 1.77. The first-order valence-corrected chi connectivity index (χ1v) is 10.2. The van der Waals surface area contributed by atoms with E-state index in [2.05, 4.69) is 31.9 Å². The van der Waals surface area contributed by atoms with Gasteiger partial charge >= 0.3 is 5.97 Å². The molecule has 6 nitrogen and oxygen atoms in total. The Bertz CT molecular complexity index is 944. The minimum Gasteiger partial charge on any atom is -0.482 e. The summed E-state index contributed by atoms with van der Waals surface area (Å²) in [6.45, 7) is 2.00. The Labute approximate surface area is 179 Å². The lowest BCUT2D eigenvalue weighted by atomic mass is 10.1. The largest absolute Gasteiger partial charge is 0.482 e. The highest BCUT2D eigenvalue weighted by Gasteiger charge is 2.35. The summed E-state index contributed by atoms with van der Waals surface area (Å²) in [6.07, 6.45) is 0.357. The summed E-state index contributed by atoms with van der Waals surface area (Å²) in [5, 5.41) is 0. The molecule has 8 heteroatoms. The van der Waals surface area contributed by atoms with Crippen LogP contribution in [0.3, 0.4) is 0 Å². The van der Waals surface area contributed by atoms with E-state index < -0.39 is 5.97 Å². The predicted molar refractivity (Wildman–Crippen MR) is 109 cm³/mol. The summed E-state index contributed by atoms with van der Waals surface area (Å²) in [7, 11) is 0. The van der Waals surface area contributed by atoms with Crippen LogP contribution in [0.1, 0.15) is 32.7 Å². The molecule has 0 aromatic heterocycles. The number of aryl methyl sites for hydroxylation is 1. The van der Waals surface area contributed by atoms with Gasteiger partial charge in [-0.1, -0.05) is 31.9 Å². The van der Waals surface area contributed by atoms with Crippen LogP contribution in [0.25, 0.3) is 0 Å². The van der Waals surface area contributed by atoms with Gasteiger partial charge in [-0.3, -0.25) is 14.5 Å². The van der Waals surface area contributed by atoms with E-state index in [-0.39, 0.29) is 31.6 Å². The van der Waals surface area contributed by atoms with Crippen molar-refractivity contribution in [2.45, 2.75) is 13.3 Å². The third-order valence-electron chi connectivity index (χ3n) is 4.21. The van der Waals surface area contributed by atoms with Gasteiger partial charge in [-0.15, -0.1) is 0 Å². The van der Waals surface area contributed by atoms with Crippen molar-refractivity contribution >= 4 is 49.6 Å². The molecule has 0 saturated carbocycles. The fourth-order valence-electron chi connectivity index (χ4n) is 2.77. The first-order valence-electron chi connectivity index (χ1n) is 8.57. The van der Waals surface area contributed by atoms with E-state index in [0.29, 0.717) is 23.3 Å². The lowest BCUT2D eigenvalue weighted by Gasteiger charge is -2.13. The van der Waals surface area contributed by atoms with E-state index in [1.807, 2.05) is 19.1 Å². The van der Waals surface area contributed by atoms with Crippen LogP contribution < -0.4 is 4.74 Å². The molecule has 1 aliphatic rings. The number of hydrogen-bond acceptors (Lipinski definition) is 5. The quantitative estimate of drug-likeness (QED) is 0.318. The van der Waals surface area contributed by atoms with Gasteiger partial charge in [-0.05, 0) is 55.3 Å². The lowest BCUT2D eigenvalue weighted by Crippen LogP contribution is -2.31. The molecule has 0 radical (unpaired) electrons. The average molecular weight is 511 g/mol. The van der Waals surface area contributed by atoms with Gasteiger partial charge in [0.2, 0.25) is 0 Å². The van der Waals surface area contributed by atoms with E-state index in [1.54, 1.807) is 24.3 Å². The fourth-order valence-corrected chi connectivity index (χ4v) is 3.37. The van der Waals surface area contributed by atoms with E-state index in [1.165, 1.54) is 4.90 Å². The van der Waals surface area contributed by atoms with Gasteiger partial charge in [0, 0.05) is 15.5 Å². The Hall–Kier alpha value is -2.19. The number of ether oxygens (including phenoxy) is 2. The zero-order chi connectivity index (χ0) is 20.3. The number of imide groups is 1. The fraction of sp³-hybridized carbons (Fsp3) is 0.250. The number of nitrogens with zero attached hydrogens (tertiary/aromatic N) is 1. The second-order valence-electron chi connectivity index (χ2n) is 6.23. The smallest absolute Gasteiger partial charge is 0.344 e. The molecule has 2 aromatic rings. The molecule has 28 heavy (non-hydrogen) atoms. The Morgan fingerprint density at radius 3 is 2.54 bits per heavy atom. The van der Waals surface area contributed by atoms with Crippen LogP contribution in [-0.2, 0) is 9.53 Å². The van der Waals surface area contributed by atoms with Crippen LogP contribution in [0, 0.1) is 6.92 Å². The summed E-state index contributed by atoms with van der Waals surface area (Å²) in [6, 6.07) is 10.4. The Balaban J connectivity index is 1.42. The van der Waals surface area contributed by atoms with Crippen LogP contribution in [0.4, 0.5) is 0 Å². The van der Waals surface area contributed by atoms with E-state index in [9.17, 15) is 14.4 Å². The van der Waals surface area contributed by atoms with Crippen molar-refractivity contribution in [3.63, 3.8) is 0 Å². The third kappa shape index (κ3) is 4.62. The van der Waals surface area contributed by atoms with E-state index in [4.69, 9.17) is 9.47 Å². The minimum absolute atomic E-state index is 0.0959. The molecule has 1 heterocycles. The minimum atomic E-state index is -0.508. The maximum absolute atomic E-state index is 12.4. The van der Waals surface area contributed by atoms with Gasteiger partial charge in [0.15, 0.2) is 6.61 Å². The van der Waals surface area contributed by atoms with Crippen LogP contribution in [-0.4, -0.2) is 42.4 Å². The summed E-state index contributed by atoms with van der Waals surface area (Å²) in [4.78, 5) is 37.6. The lowest BCUT2D eigenvalue weighted by molar-refractivity contribution is -0.146. The summed E-state index contributed by atoms with van der Waals surface area (Å²) in [5.74, 6) is -0.587. The first-order chi connectivity index (χ1) is 13.4. The molecule has 0 aliphatic carbocycles. The zero-order valence-electron chi connectivity index (χ0n) is 15.0. The molecular formula is C20H17Br2NO5. The standard InChI is InChI=1S/C20H17Br2NO5/c1-12-9-14(4-6-17(12)22)28-11-18(24)27-8-2-7-23-19(25)15-5-3-13(21)10-16(15)20(23)26/h3-6,9-10H,2,7-8,11H2,1H3. The second kappa shape index (κ2) is 8.87. The molecule has 0 fully saturated rings. The Morgan fingerprint density at radius 2 is 1.79 bits per heavy atom. The normalized spacial score (nSPS) is 12.9. The van der Waals surface area contributed by atoms with Crippen molar-refractivity contribution in [2.75, 3.05) is 19.8 Å². The third-order valence-corrected chi connectivity index (χ3v) is 5.59. The number of carbonyl (C=O) groups is 3. The number of carbonyl (C=O) groups excluding carboxylic acids is 3. The SMILES string of the molecule is Cc1cc(OCC(=O)OCCCN2C(=O)c3ccc(Br)cc3C2=O)ccc1Br. The average Bonchev–Trinajstić information content (AvgIpc) is 2.90. The van der Waals surface area contributed by atoms with Crippen molar-refractivity contribution in [2.24, 2.45) is 0 Å². The van der Waals surface area contributed by atoms with Crippen molar-refractivity contribution in [1.29, 1.82) is 0 Å². The molecule has 2 aromatic carbocycles. The van der Waals surface area contributed by atoms with Gasteiger partial charge in [-0.2, -0.15) is 0 Å². The molecule has 146 valence electrons. The highest BCUT2D eigenvalue weighted by Crippen LogP contribution is 2.26. The van der Waals surface area contributed by atoms with Crippen molar-refractivity contribution in [3.05, 3.63) is 62.0 Å². The molecule has 0 saturated heterocycles. The van der Waals surface area contributed by atoms with Crippen LogP contribution >= 0.6 is 31.9 Å². The number of benzene rings is 2. The van der Waals surface area contributed by atoms with Gasteiger partial charge in [0.25, 0.3) is 11.8 Å². The highest BCUT2D eigenvalue weighted by molar-refractivity contribution is 9.10. The number of hydrogen-bond donors (Lipinski definition) is 0. The molecule has 0 N–H and O–H groups in total. The molecule has 0 bridgehead atoms. The van der Waals surface area contributed by atoms with Crippen LogP contribution in [0.15, 0.2) is 45.3 Å². The highest BCUT2D eigenvalue weighted by atomic mass is 79.9. The molecule has 1 aliphatic heterocycles. The maximum Gasteiger partial charge on any atom is 0.344 e. The van der Waals surface area contributed by atoms with Gasteiger partial charge < -0.3 is 9.47 Å². The van der Waals surface area contributed by atoms with Crippen LogP contribution in [0.5, 0.6) is 5.75 Å². The van der Waals surface area contributed by atoms with Gasteiger partial charge in [0.05, 0.1) is 17.7 Å². The molecule has 0 spiro atoms. The number of amides is 2. The molecule has 0 unspecified atom stereocenters. The predicted octanol–water partition coefficient (Wildman–Crippen LogP) is 4.13. The van der Waals surface area contributed by atoms with E-state index in [0.717, 1.165) is 14.5 Å². The molecule has 2 amide bonds. The Morgan fingerprint density at radius 1 is 1.04 bits per heavy atom. The maximum atomic E-state index is 12.4. The summed E-state index contributed by atoms with van der Waals surface area (Å²) >= 11 is 6.70. The number of esters is 1. The molecule has 3 rings (SSSR count). The monoisotopic (exact) mass is 509 g/mol. The zero-order valence-corrected chi connectivity index (χ0v) is 18.2. The van der Waals surface area contributed by atoms with Crippen LogP contribution in [0.2, 0.25) is 0 Å². The van der Waals surface area contributed by atoms with Gasteiger partial charge in [0.1, 0.15) is 5.75 Å². The molecule has 0 atom stereocenters. The first kappa shape index (κ1) is 20.5. The Kier molecular flexibility index (Phi) is 6.51. The molecular weight excluding hydrogens is 494 g/mol. The van der Waals surface area contributed by atoms with Crippen molar-refractivity contribution < 1.29 is 23.9 Å². The van der Waals surface area contributed by atoms with E-state index >= 15 is 0 Å².